The minimum absolute atomic E-state index is 0.0463. The van der Waals surface area contributed by atoms with Gasteiger partial charge in [0.05, 0.1) is 16.3 Å². The van der Waals surface area contributed by atoms with E-state index in [4.69, 9.17) is 5.14 Å². The molecule has 0 fully saturated rings. The second-order valence-electron chi connectivity index (χ2n) is 5.18. The predicted molar refractivity (Wildman–Crippen MR) is 88.6 cm³/mol. The van der Waals surface area contributed by atoms with Gasteiger partial charge < -0.3 is 0 Å². The zero-order valence-electron chi connectivity index (χ0n) is 12.6. The average molecular weight is 343 g/mol. The molecule has 0 bridgehead atoms. The van der Waals surface area contributed by atoms with Crippen LogP contribution in [0.5, 0.6) is 0 Å². The van der Waals surface area contributed by atoms with Crippen LogP contribution in [0.3, 0.4) is 0 Å². The molecular formula is C16H13N3O4S. The van der Waals surface area contributed by atoms with Crippen LogP contribution in [0.4, 0.5) is 11.4 Å². The molecule has 0 spiro atoms. The van der Waals surface area contributed by atoms with Gasteiger partial charge in [-0.3, -0.25) is 9.59 Å². The summed E-state index contributed by atoms with van der Waals surface area (Å²) in [5.41, 5.74) is 1.54. The van der Waals surface area contributed by atoms with E-state index in [1.54, 1.807) is 24.3 Å². The Morgan fingerprint density at radius 3 is 2.29 bits per heavy atom. The molecule has 0 atom stereocenters. The number of benzene rings is 2. The van der Waals surface area contributed by atoms with E-state index in [1.165, 1.54) is 31.2 Å². The zero-order valence-corrected chi connectivity index (χ0v) is 13.4. The topological polar surface area (TPSA) is 110 Å². The van der Waals surface area contributed by atoms with Crippen molar-refractivity contribution in [1.82, 2.24) is 0 Å². The number of nitrogens with zero attached hydrogens (tertiary/aromatic N) is 2. The number of fused-ring (bicyclic) bond motifs is 1. The molecule has 0 unspecified atom stereocenters. The highest BCUT2D eigenvalue weighted by molar-refractivity contribution is 7.89. The third-order valence-electron chi connectivity index (χ3n) is 3.53. The molecule has 0 saturated carbocycles. The van der Waals surface area contributed by atoms with Crippen LogP contribution in [0.2, 0.25) is 0 Å². The summed E-state index contributed by atoms with van der Waals surface area (Å²) in [5, 5.41) is 5.05. The fourth-order valence-electron chi connectivity index (χ4n) is 2.46. The molecule has 0 aliphatic carbocycles. The molecule has 2 N–H and O–H groups in total. The molecule has 122 valence electrons. The number of para-hydroxylation sites is 1. The van der Waals surface area contributed by atoms with Crippen molar-refractivity contribution in [3.05, 3.63) is 54.1 Å². The fourth-order valence-corrected chi connectivity index (χ4v) is 2.97. The lowest BCUT2D eigenvalue weighted by Crippen LogP contribution is -2.34. The summed E-state index contributed by atoms with van der Waals surface area (Å²) in [6, 6.07) is 12.3. The molecule has 1 aliphatic rings. The quantitative estimate of drug-likeness (QED) is 0.887. The lowest BCUT2D eigenvalue weighted by Gasteiger charge is -2.11. The number of primary sulfonamides is 1. The van der Waals surface area contributed by atoms with E-state index in [0.29, 0.717) is 16.9 Å². The van der Waals surface area contributed by atoms with Crippen molar-refractivity contribution in [2.45, 2.75) is 11.8 Å². The van der Waals surface area contributed by atoms with Crippen molar-refractivity contribution in [1.29, 1.82) is 0 Å². The van der Waals surface area contributed by atoms with Gasteiger partial charge in [0.25, 0.3) is 5.91 Å². The van der Waals surface area contributed by atoms with E-state index >= 15 is 0 Å². The summed E-state index contributed by atoms with van der Waals surface area (Å²) in [5.74, 6) is -0.915. The number of hydrogen-bond donors (Lipinski definition) is 1. The highest BCUT2D eigenvalue weighted by Crippen LogP contribution is 2.30. The normalized spacial score (nSPS) is 15.7. The molecule has 8 heteroatoms. The zero-order chi connectivity index (χ0) is 17.5. The summed E-state index contributed by atoms with van der Waals surface area (Å²) in [6.45, 7) is 1.30. The van der Waals surface area contributed by atoms with Crippen molar-refractivity contribution >= 4 is 38.9 Å². The minimum Gasteiger partial charge on any atom is -0.274 e. The highest BCUT2D eigenvalue weighted by Gasteiger charge is 2.36. The number of imide groups is 1. The number of aliphatic imine (C=N–C) groups is 1. The van der Waals surface area contributed by atoms with Crippen molar-refractivity contribution in [3.63, 3.8) is 0 Å². The number of sulfonamides is 1. The van der Waals surface area contributed by atoms with Crippen LogP contribution in [0.25, 0.3) is 0 Å². The Labute approximate surface area is 138 Å². The minimum atomic E-state index is -3.79. The molecule has 3 rings (SSSR count). The maximum atomic E-state index is 12.5. The number of amides is 2. The molecule has 0 aromatic heterocycles. The molecule has 0 saturated heterocycles. The van der Waals surface area contributed by atoms with Crippen molar-refractivity contribution in [2.24, 2.45) is 10.1 Å². The van der Waals surface area contributed by atoms with Gasteiger partial charge >= 0.3 is 0 Å². The van der Waals surface area contributed by atoms with Crippen LogP contribution >= 0.6 is 0 Å². The summed E-state index contributed by atoms with van der Waals surface area (Å²) in [4.78, 5) is 29.5. The van der Waals surface area contributed by atoms with E-state index < -0.39 is 21.8 Å². The highest BCUT2D eigenvalue weighted by atomic mass is 32.2. The number of anilines is 1. The van der Waals surface area contributed by atoms with Crippen LogP contribution in [-0.4, -0.2) is 25.9 Å². The lowest BCUT2D eigenvalue weighted by molar-refractivity contribution is -0.121. The number of nitrogens with two attached hydrogens (primary N) is 1. The smallest absolute Gasteiger partial charge is 0.274 e. The van der Waals surface area contributed by atoms with Crippen molar-refractivity contribution < 1.29 is 18.0 Å². The van der Waals surface area contributed by atoms with Gasteiger partial charge in [-0.25, -0.2) is 23.4 Å². The molecule has 2 aromatic rings. The van der Waals surface area contributed by atoms with E-state index in [0.717, 1.165) is 4.90 Å². The second-order valence-corrected chi connectivity index (χ2v) is 6.74. The number of hydrogen-bond acceptors (Lipinski definition) is 5. The van der Waals surface area contributed by atoms with Crippen LogP contribution in [0.15, 0.2) is 58.4 Å². The fraction of sp³-hybridized carbons (Fsp3) is 0.0625. The van der Waals surface area contributed by atoms with Crippen molar-refractivity contribution in [2.75, 3.05) is 4.90 Å². The van der Waals surface area contributed by atoms with Gasteiger partial charge in [0.2, 0.25) is 15.9 Å². The second kappa shape index (κ2) is 5.66. The molecular weight excluding hydrogens is 330 g/mol. The largest absolute Gasteiger partial charge is 0.284 e. The molecule has 7 nitrogen and oxygen atoms in total. The monoisotopic (exact) mass is 343 g/mol. The molecule has 1 aliphatic heterocycles. The van der Waals surface area contributed by atoms with Gasteiger partial charge in [0.1, 0.15) is 5.71 Å². The van der Waals surface area contributed by atoms with Crippen molar-refractivity contribution in [3.8, 4) is 0 Å². The Morgan fingerprint density at radius 2 is 1.71 bits per heavy atom. The molecule has 2 amide bonds. The summed E-state index contributed by atoms with van der Waals surface area (Å²) < 4.78 is 22.5. The average Bonchev–Trinajstić information content (AvgIpc) is 2.79. The third-order valence-corrected chi connectivity index (χ3v) is 4.46. The number of carbonyl (C=O) groups excluding carboxylic acids is 2. The first-order valence-electron chi connectivity index (χ1n) is 6.95. The Hall–Kier alpha value is -2.84. The van der Waals surface area contributed by atoms with Crippen LogP contribution in [0, 0.1) is 0 Å². The van der Waals surface area contributed by atoms with Gasteiger partial charge in [-0.05, 0) is 30.3 Å². The summed E-state index contributed by atoms with van der Waals surface area (Å²) in [6.07, 6.45) is 0. The molecule has 24 heavy (non-hydrogen) atoms. The Morgan fingerprint density at radius 1 is 1.08 bits per heavy atom. The van der Waals surface area contributed by atoms with Gasteiger partial charge in [-0.2, -0.15) is 0 Å². The predicted octanol–water partition coefficient (Wildman–Crippen LogP) is 1.35. The Balaban J connectivity index is 2.07. The first-order chi connectivity index (χ1) is 11.3. The number of rotatable bonds is 2. The van der Waals surface area contributed by atoms with Gasteiger partial charge in [-0.15, -0.1) is 0 Å². The van der Waals surface area contributed by atoms with Gasteiger partial charge in [0.15, 0.2) is 0 Å². The first kappa shape index (κ1) is 16.0. The maximum absolute atomic E-state index is 12.5. The maximum Gasteiger partial charge on any atom is 0.284 e. The van der Waals surface area contributed by atoms with Gasteiger partial charge in [-0.1, -0.05) is 18.2 Å². The SMILES string of the molecule is CC(=O)N1C(=O)C(=Nc2ccc(S(N)(=O)=O)cc2)c2ccccc21. The standard InChI is InChI=1S/C16H13N3O4S/c1-10(20)19-14-5-3-2-4-13(14)15(16(19)21)18-11-6-8-12(9-7-11)24(17,22)23/h2-9H,1H3,(H2,17,22,23). The molecule has 1 heterocycles. The summed E-state index contributed by atoms with van der Waals surface area (Å²) >= 11 is 0. The molecule has 0 radical (unpaired) electrons. The molecule has 2 aromatic carbocycles. The Kier molecular flexibility index (Phi) is 3.78. The van der Waals surface area contributed by atoms with E-state index in [2.05, 4.69) is 4.99 Å². The third kappa shape index (κ3) is 2.72. The lowest BCUT2D eigenvalue weighted by atomic mass is 10.1. The van der Waals surface area contributed by atoms with E-state index in [9.17, 15) is 18.0 Å². The van der Waals surface area contributed by atoms with Gasteiger partial charge in [0, 0.05) is 12.5 Å². The van der Waals surface area contributed by atoms with Crippen LogP contribution in [-0.2, 0) is 19.6 Å². The van der Waals surface area contributed by atoms with Crippen LogP contribution < -0.4 is 10.0 Å². The van der Waals surface area contributed by atoms with Crippen LogP contribution in [0.1, 0.15) is 12.5 Å². The summed E-state index contributed by atoms with van der Waals surface area (Å²) in [7, 11) is -3.79. The van der Waals surface area contributed by atoms with E-state index in [-0.39, 0.29) is 10.6 Å². The Bertz CT molecular complexity index is 979. The number of carbonyl (C=O) groups is 2. The first-order valence-corrected chi connectivity index (χ1v) is 8.49. The van der Waals surface area contributed by atoms with E-state index in [1.807, 2.05) is 0 Å².